The molecule has 0 amide bonds. The van der Waals surface area contributed by atoms with Crippen LogP contribution in [0.2, 0.25) is 0 Å². The summed E-state index contributed by atoms with van der Waals surface area (Å²) in [5, 5.41) is 0. The predicted octanol–water partition coefficient (Wildman–Crippen LogP) is 25.3. The van der Waals surface area contributed by atoms with Crippen LogP contribution in [0, 0.1) is 0 Å². The second kappa shape index (κ2) is 70.4. The van der Waals surface area contributed by atoms with E-state index in [1.54, 1.807) is 0 Å². The van der Waals surface area contributed by atoms with Crippen molar-refractivity contribution in [2.75, 3.05) is 13.2 Å². The Hall–Kier alpha value is -2.11. The van der Waals surface area contributed by atoms with Crippen molar-refractivity contribution >= 4 is 17.9 Å². The Morgan fingerprint density at radius 3 is 0.617 bits per heavy atom. The minimum absolute atomic E-state index is 0.0664. The minimum atomic E-state index is -0.771. The lowest BCUT2D eigenvalue weighted by molar-refractivity contribution is -0.167. The van der Waals surface area contributed by atoms with Gasteiger partial charge in [0.1, 0.15) is 13.2 Å². The van der Waals surface area contributed by atoms with Gasteiger partial charge in [-0.05, 0) is 70.6 Å². The van der Waals surface area contributed by atoms with Crippen molar-refractivity contribution < 1.29 is 28.6 Å². The van der Waals surface area contributed by atoms with Crippen LogP contribution in [-0.4, -0.2) is 37.2 Å². The van der Waals surface area contributed by atoms with Gasteiger partial charge in [0.15, 0.2) is 6.10 Å². The van der Waals surface area contributed by atoms with Crippen LogP contribution in [0.1, 0.15) is 419 Å². The zero-order valence-electron chi connectivity index (χ0n) is 55.1. The van der Waals surface area contributed by atoms with E-state index in [1.165, 1.54) is 321 Å². The topological polar surface area (TPSA) is 78.9 Å². The summed E-state index contributed by atoms with van der Waals surface area (Å²) in [5.74, 6) is -0.836. The Morgan fingerprint density at radius 1 is 0.235 bits per heavy atom. The van der Waals surface area contributed by atoms with Crippen molar-refractivity contribution in [3.63, 3.8) is 0 Å². The van der Waals surface area contributed by atoms with Gasteiger partial charge in [0, 0.05) is 19.3 Å². The maximum absolute atomic E-state index is 13.0. The third kappa shape index (κ3) is 68.6. The van der Waals surface area contributed by atoms with E-state index in [4.69, 9.17) is 14.2 Å². The molecule has 0 aromatic carbocycles. The summed E-state index contributed by atoms with van der Waals surface area (Å²) in [6.45, 7) is 6.72. The Labute approximate surface area is 506 Å². The molecular formula is C75H142O6. The van der Waals surface area contributed by atoms with Crippen LogP contribution in [0.25, 0.3) is 0 Å². The number of unbranched alkanes of at least 4 members (excludes halogenated alkanes) is 54. The van der Waals surface area contributed by atoms with Crippen LogP contribution in [0.3, 0.4) is 0 Å². The summed E-state index contributed by atoms with van der Waals surface area (Å²) in [6.07, 6.45) is 86.5. The molecule has 0 aliphatic heterocycles. The average Bonchev–Trinajstić information content (AvgIpc) is 3.47. The molecule has 0 saturated heterocycles. The summed E-state index contributed by atoms with van der Waals surface area (Å²) in [4.78, 5) is 38.5. The first-order chi connectivity index (χ1) is 40.0. The summed E-state index contributed by atoms with van der Waals surface area (Å²) in [5.41, 5.74) is 0. The van der Waals surface area contributed by atoms with E-state index >= 15 is 0 Å². The van der Waals surface area contributed by atoms with Gasteiger partial charge in [-0.3, -0.25) is 14.4 Å². The molecule has 0 aliphatic carbocycles. The van der Waals surface area contributed by atoms with E-state index in [0.29, 0.717) is 19.3 Å². The Balaban J connectivity index is 4.20. The van der Waals surface area contributed by atoms with Crippen molar-refractivity contribution in [1.82, 2.24) is 0 Å². The van der Waals surface area contributed by atoms with Gasteiger partial charge in [-0.25, -0.2) is 0 Å². The van der Waals surface area contributed by atoms with Gasteiger partial charge in [0.05, 0.1) is 0 Å². The molecule has 0 radical (unpaired) electrons. The molecule has 6 nitrogen and oxygen atoms in total. The van der Waals surface area contributed by atoms with E-state index in [1.807, 2.05) is 0 Å². The molecule has 0 bridgehead atoms. The number of hydrogen-bond acceptors (Lipinski definition) is 6. The van der Waals surface area contributed by atoms with Crippen molar-refractivity contribution in [2.24, 2.45) is 0 Å². The van der Waals surface area contributed by atoms with E-state index in [0.717, 1.165) is 57.8 Å². The zero-order chi connectivity index (χ0) is 58.5. The average molecular weight is 1140 g/mol. The number of carbonyl (C=O) groups excluding carboxylic acids is 3. The number of rotatable bonds is 69. The maximum Gasteiger partial charge on any atom is 0.306 e. The molecule has 0 saturated carbocycles. The first-order valence-electron chi connectivity index (χ1n) is 36.8. The standard InChI is InChI=1S/C75H142O6/c1-4-7-10-13-16-19-22-25-28-31-33-34-35-36-37-38-39-40-41-42-43-45-47-50-53-56-59-62-65-68-74(77)80-71-72(70-79-73(76)67-64-61-58-55-52-49-46-30-27-24-21-18-15-12-9-6-3)81-75(78)69-66-63-60-57-54-51-48-44-32-29-26-23-20-17-14-11-8-5-2/h29,31-33,72H,4-28,30,34-71H2,1-3H3/b32-29-,33-31-. The third-order valence-corrected chi connectivity index (χ3v) is 16.9. The van der Waals surface area contributed by atoms with Gasteiger partial charge in [-0.2, -0.15) is 0 Å². The molecular weight excluding hydrogens is 997 g/mol. The number of esters is 3. The van der Waals surface area contributed by atoms with Gasteiger partial charge in [0.25, 0.3) is 0 Å². The Bertz CT molecular complexity index is 1310. The van der Waals surface area contributed by atoms with E-state index in [-0.39, 0.29) is 31.1 Å². The molecule has 0 fully saturated rings. The normalized spacial score (nSPS) is 12.1. The molecule has 478 valence electrons. The van der Waals surface area contributed by atoms with Gasteiger partial charge >= 0.3 is 17.9 Å². The predicted molar refractivity (Wildman–Crippen MR) is 353 cm³/mol. The Morgan fingerprint density at radius 2 is 0.407 bits per heavy atom. The first-order valence-corrected chi connectivity index (χ1v) is 36.8. The SMILES string of the molecule is CCCCCCCCC/C=C\CCCCCCCCCC(=O)OC(COC(=O)CCCCCCCCCCCCCCCCCC)COC(=O)CCCCCCCCCCCCCCCCCCC/C=C\CCCCCCCCCC. The highest BCUT2D eigenvalue weighted by Gasteiger charge is 2.20. The molecule has 6 heteroatoms. The number of carbonyl (C=O) groups is 3. The van der Waals surface area contributed by atoms with Crippen molar-refractivity contribution in [1.29, 1.82) is 0 Å². The molecule has 0 spiro atoms. The highest BCUT2D eigenvalue weighted by atomic mass is 16.6. The first kappa shape index (κ1) is 78.9. The fraction of sp³-hybridized carbons (Fsp3) is 0.907. The number of hydrogen-bond donors (Lipinski definition) is 0. The van der Waals surface area contributed by atoms with Crippen LogP contribution in [0.15, 0.2) is 24.3 Å². The summed E-state index contributed by atoms with van der Waals surface area (Å²) >= 11 is 0. The smallest absolute Gasteiger partial charge is 0.306 e. The maximum atomic E-state index is 13.0. The van der Waals surface area contributed by atoms with Crippen LogP contribution in [-0.2, 0) is 28.6 Å². The number of allylic oxidation sites excluding steroid dienone is 4. The monoisotopic (exact) mass is 1140 g/mol. The quantitative estimate of drug-likeness (QED) is 0.0261. The van der Waals surface area contributed by atoms with E-state index in [9.17, 15) is 14.4 Å². The van der Waals surface area contributed by atoms with Crippen LogP contribution >= 0.6 is 0 Å². The molecule has 81 heavy (non-hydrogen) atoms. The summed E-state index contributed by atoms with van der Waals surface area (Å²) in [7, 11) is 0. The summed E-state index contributed by atoms with van der Waals surface area (Å²) in [6, 6.07) is 0. The fourth-order valence-electron chi connectivity index (χ4n) is 11.4. The molecule has 0 aromatic heterocycles. The molecule has 1 atom stereocenters. The summed E-state index contributed by atoms with van der Waals surface area (Å²) < 4.78 is 17.0. The highest BCUT2D eigenvalue weighted by molar-refractivity contribution is 5.71. The molecule has 0 heterocycles. The Kier molecular flexibility index (Phi) is 68.5. The second-order valence-electron chi connectivity index (χ2n) is 25.2. The molecule has 1 unspecified atom stereocenters. The van der Waals surface area contributed by atoms with E-state index in [2.05, 4.69) is 45.1 Å². The van der Waals surface area contributed by atoms with Gasteiger partial charge < -0.3 is 14.2 Å². The third-order valence-electron chi connectivity index (χ3n) is 16.9. The van der Waals surface area contributed by atoms with Crippen molar-refractivity contribution in [3.05, 3.63) is 24.3 Å². The van der Waals surface area contributed by atoms with Crippen LogP contribution < -0.4 is 0 Å². The van der Waals surface area contributed by atoms with Crippen molar-refractivity contribution in [3.8, 4) is 0 Å². The molecule has 0 N–H and O–H groups in total. The van der Waals surface area contributed by atoms with Gasteiger partial charge in [-0.15, -0.1) is 0 Å². The van der Waals surface area contributed by atoms with Gasteiger partial charge in [0.2, 0.25) is 0 Å². The minimum Gasteiger partial charge on any atom is -0.462 e. The lowest BCUT2D eigenvalue weighted by Gasteiger charge is -2.18. The molecule has 0 aromatic rings. The zero-order valence-corrected chi connectivity index (χ0v) is 55.1. The van der Waals surface area contributed by atoms with E-state index < -0.39 is 6.10 Å². The fourth-order valence-corrected chi connectivity index (χ4v) is 11.4. The van der Waals surface area contributed by atoms with Crippen molar-refractivity contribution in [2.45, 2.75) is 425 Å². The second-order valence-corrected chi connectivity index (χ2v) is 25.2. The lowest BCUT2D eigenvalue weighted by Crippen LogP contribution is -2.30. The van der Waals surface area contributed by atoms with Crippen LogP contribution in [0.5, 0.6) is 0 Å². The number of ether oxygens (including phenoxy) is 3. The van der Waals surface area contributed by atoms with Gasteiger partial charge in [-0.1, -0.05) is 353 Å². The molecule has 0 rings (SSSR count). The highest BCUT2D eigenvalue weighted by Crippen LogP contribution is 2.19. The lowest BCUT2D eigenvalue weighted by atomic mass is 10.0. The molecule has 0 aliphatic rings. The largest absolute Gasteiger partial charge is 0.462 e. The van der Waals surface area contributed by atoms with Crippen LogP contribution in [0.4, 0.5) is 0 Å².